The predicted molar refractivity (Wildman–Crippen MR) is 99.7 cm³/mol. The van der Waals surface area contributed by atoms with E-state index in [1.54, 1.807) is 0 Å². The van der Waals surface area contributed by atoms with Gasteiger partial charge >= 0.3 is 11.9 Å². The zero-order valence-electron chi connectivity index (χ0n) is 16.8. The standard InChI is InChI=1S/C22H33NO4/c1-4-13-14-7-5-6-8-23-16(17-9-11(2)21(24)26-17)10-15(19(14)23)18-12(3)22(25)27-20(13)18/h11-20H,4-10H2,1-3H3/t11-,12-,13+,14+,15+,16-,17+,18+,19+,20+/m0/s1. The molecule has 1 saturated carbocycles. The van der Waals surface area contributed by atoms with Crippen LogP contribution in [0.25, 0.3) is 0 Å². The lowest BCUT2D eigenvalue weighted by Gasteiger charge is -2.48. The summed E-state index contributed by atoms with van der Waals surface area (Å²) < 4.78 is 11.8. The van der Waals surface area contributed by atoms with Crippen LogP contribution in [0.5, 0.6) is 0 Å². The van der Waals surface area contributed by atoms with Gasteiger partial charge < -0.3 is 9.47 Å². The number of carbonyl (C=O) groups excluding carboxylic acids is 2. The molecule has 4 heterocycles. The molecule has 5 rings (SSSR count). The zero-order valence-corrected chi connectivity index (χ0v) is 16.8. The van der Waals surface area contributed by atoms with E-state index in [1.807, 2.05) is 6.92 Å². The van der Waals surface area contributed by atoms with E-state index in [1.165, 1.54) is 19.3 Å². The summed E-state index contributed by atoms with van der Waals surface area (Å²) in [6.45, 7) is 7.44. The van der Waals surface area contributed by atoms with Crippen molar-refractivity contribution in [1.29, 1.82) is 0 Å². The van der Waals surface area contributed by atoms with Gasteiger partial charge in [-0.05, 0) is 50.5 Å². The van der Waals surface area contributed by atoms with Crippen molar-refractivity contribution < 1.29 is 19.1 Å². The van der Waals surface area contributed by atoms with E-state index in [0.29, 0.717) is 35.8 Å². The molecule has 27 heavy (non-hydrogen) atoms. The smallest absolute Gasteiger partial charge is 0.309 e. The fourth-order valence-electron chi connectivity index (χ4n) is 7.48. The van der Waals surface area contributed by atoms with Crippen molar-refractivity contribution in [3.05, 3.63) is 0 Å². The van der Waals surface area contributed by atoms with Gasteiger partial charge in [-0.25, -0.2) is 0 Å². The van der Waals surface area contributed by atoms with Crippen molar-refractivity contribution in [1.82, 2.24) is 4.90 Å². The summed E-state index contributed by atoms with van der Waals surface area (Å²) in [6.07, 6.45) is 6.87. The Hall–Kier alpha value is -1.10. The molecule has 0 unspecified atom stereocenters. The van der Waals surface area contributed by atoms with Gasteiger partial charge in [0.15, 0.2) is 0 Å². The fraction of sp³-hybridized carbons (Fsp3) is 0.909. The van der Waals surface area contributed by atoms with Gasteiger partial charge in [0.1, 0.15) is 12.2 Å². The zero-order chi connectivity index (χ0) is 18.9. The van der Waals surface area contributed by atoms with Crippen molar-refractivity contribution in [2.75, 3.05) is 6.54 Å². The van der Waals surface area contributed by atoms with Gasteiger partial charge in [0.25, 0.3) is 0 Å². The molecule has 1 aliphatic carbocycles. The number of hydrogen-bond acceptors (Lipinski definition) is 5. The Morgan fingerprint density at radius 1 is 1.04 bits per heavy atom. The molecule has 5 nitrogen and oxygen atoms in total. The molecule has 10 atom stereocenters. The maximum atomic E-state index is 12.5. The van der Waals surface area contributed by atoms with E-state index in [-0.39, 0.29) is 36.0 Å². The highest BCUT2D eigenvalue weighted by atomic mass is 16.6. The molecule has 4 aliphatic heterocycles. The second-order valence-corrected chi connectivity index (χ2v) is 9.81. The third-order valence-electron chi connectivity index (χ3n) is 8.61. The van der Waals surface area contributed by atoms with Gasteiger partial charge in [0, 0.05) is 23.9 Å². The van der Waals surface area contributed by atoms with Crippen LogP contribution in [-0.4, -0.2) is 47.7 Å². The second kappa shape index (κ2) is 6.47. The van der Waals surface area contributed by atoms with Crippen LogP contribution in [0.3, 0.4) is 0 Å². The van der Waals surface area contributed by atoms with Crippen LogP contribution < -0.4 is 0 Å². The van der Waals surface area contributed by atoms with Crippen LogP contribution in [0.1, 0.15) is 59.3 Å². The number of rotatable bonds is 2. The average Bonchev–Trinajstić information content (AvgIpc) is 3.20. The highest BCUT2D eigenvalue weighted by Gasteiger charge is 2.63. The molecule has 5 aliphatic rings. The Bertz CT molecular complexity index is 636. The molecule has 0 aromatic heterocycles. The van der Waals surface area contributed by atoms with Crippen molar-refractivity contribution >= 4 is 11.9 Å². The van der Waals surface area contributed by atoms with Gasteiger partial charge in [0.05, 0.1) is 11.8 Å². The summed E-state index contributed by atoms with van der Waals surface area (Å²) in [5, 5.41) is 0. The van der Waals surface area contributed by atoms with E-state index < -0.39 is 0 Å². The van der Waals surface area contributed by atoms with Gasteiger partial charge in [-0.2, -0.15) is 0 Å². The number of cyclic esters (lactones) is 1. The molecule has 150 valence electrons. The van der Waals surface area contributed by atoms with Crippen LogP contribution in [0, 0.1) is 35.5 Å². The van der Waals surface area contributed by atoms with E-state index in [2.05, 4.69) is 18.7 Å². The lowest BCUT2D eigenvalue weighted by Crippen LogP contribution is -2.54. The third kappa shape index (κ3) is 2.53. The Balaban J connectivity index is 1.51. The molecule has 0 spiro atoms. The molecule has 0 radical (unpaired) electrons. The number of hydrogen-bond donors (Lipinski definition) is 0. The monoisotopic (exact) mass is 375 g/mol. The molecule has 4 saturated heterocycles. The summed E-state index contributed by atoms with van der Waals surface area (Å²) in [6, 6.07) is 0.865. The molecule has 0 amide bonds. The van der Waals surface area contributed by atoms with Crippen LogP contribution in [-0.2, 0) is 19.1 Å². The number of fused-ring (bicyclic) bond motifs is 2. The predicted octanol–water partition coefficient (Wildman–Crippen LogP) is 3.01. The molecule has 0 aromatic carbocycles. The van der Waals surface area contributed by atoms with Crippen LogP contribution in [0.4, 0.5) is 0 Å². The maximum absolute atomic E-state index is 12.5. The van der Waals surface area contributed by atoms with Crippen molar-refractivity contribution in [3.8, 4) is 0 Å². The number of ether oxygens (including phenoxy) is 2. The Labute approximate surface area is 162 Å². The quantitative estimate of drug-likeness (QED) is 0.695. The molecule has 0 bridgehead atoms. The van der Waals surface area contributed by atoms with Crippen molar-refractivity contribution in [3.63, 3.8) is 0 Å². The first-order valence-electron chi connectivity index (χ1n) is 11.2. The van der Waals surface area contributed by atoms with Crippen LogP contribution in [0.2, 0.25) is 0 Å². The van der Waals surface area contributed by atoms with Crippen LogP contribution >= 0.6 is 0 Å². The first kappa shape index (κ1) is 18.0. The highest BCUT2D eigenvalue weighted by Crippen LogP contribution is 2.57. The lowest BCUT2D eigenvalue weighted by molar-refractivity contribution is -0.148. The number of carbonyl (C=O) groups is 2. The SMILES string of the molecule is CC[C@@H]1[C@H]2CCCCN3[C@H]2[C@H](C[C@H]3[C@H]2C[C@H](C)C(=O)O2)[C@@H]2[C@@H]1OC(=O)[C@H]2C. The van der Waals surface area contributed by atoms with E-state index in [9.17, 15) is 9.59 Å². The number of nitrogens with zero attached hydrogens (tertiary/aromatic N) is 1. The Morgan fingerprint density at radius 3 is 2.56 bits per heavy atom. The van der Waals surface area contributed by atoms with E-state index >= 15 is 0 Å². The van der Waals surface area contributed by atoms with Crippen molar-refractivity contribution in [2.45, 2.75) is 83.6 Å². The highest BCUT2D eigenvalue weighted by molar-refractivity contribution is 5.75. The minimum atomic E-state index is -0.0294. The summed E-state index contributed by atoms with van der Waals surface area (Å²) in [4.78, 5) is 27.3. The summed E-state index contributed by atoms with van der Waals surface area (Å²) >= 11 is 0. The lowest BCUT2D eigenvalue weighted by atomic mass is 9.60. The molecular formula is C22H33NO4. The topological polar surface area (TPSA) is 55.8 Å². The van der Waals surface area contributed by atoms with E-state index in [0.717, 1.165) is 25.8 Å². The van der Waals surface area contributed by atoms with Crippen LogP contribution in [0.15, 0.2) is 0 Å². The van der Waals surface area contributed by atoms with Gasteiger partial charge in [-0.3, -0.25) is 14.5 Å². The average molecular weight is 376 g/mol. The molecular weight excluding hydrogens is 342 g/mol. The molecule has 0 aromatic rings. The Kier molecular flexibility index (Phi) is 4.30. The number of esters is 2. The fourth-order valence-corrected chi connectivity index (χ4v) is 7.48. The molecule has 0 N–H and O–H groups in total. The first-order valence-corrected chi connectivity index (χ1v) is 11.2. The minimum Gasteiger partial charge on any atom is -0.462 e. The van der Waals surface area contributed by atoms with Gasteiger partial charge in [-0.1, -0.05) is 27.2 Å². The summed E-state index contributed by atoms with van der Waals surface area (Å²) in [5.74, 6) is 1.94. The van der Waals surface area contributed by atoms with Gasteiger partial charge in [-0.15, -0.1) is 0 Å². The first-order chi connectivity index (χ1) is 13.0. The summed E-state index contributed by atoms with van der Waals surface area (Å²) in [5.41, 5.74) is 0. The Morgan fingerprint density at radius 2 is 1.85 bits per heavy atom. The second-order valence-electron chi connectivity index (χ2n) is 9.81. The van der Waals surface area contributed by atoms with Crippen molar-refractivity contribution in [2.24, 2.45) is 35.5 Å². The summed E-state index contributed by atoms with van der Waals surface area (Å²) in [7, 11) is 0. The third-order valence-corrected chi connectivity index (χ3v) is 8.61. The minimum absolute atomic E-state index is 0.00362. The largest absolute Gasteiger partial charge is 0.462 e. The van der Waals surface area contributed by atoms with Gasteiger partial charge in [0.2, 0.25) is 0 Å². The molecule has 5 heteroatoms. The van der Waals surface area contributed by atoms with E-state index in [4.69, 9.17) is 9.47 Å². The normalized spacial score (nSPS) is 52.1. The maximum Gasteiger partial charge on any atom is 0.309 e. The molecule has 5 fully saturated rings.